The van der Waals surface area contributed by atoms with Gasteiger partial charge in [0.1, 0.15) is 18.2 Å². The van der Waals surface area contributed by atoms with E-state index in [2.05, 4.69) is 11.8 Å². The minimum atomic E-state index is -0.374. The fourth-order valence-corrected chi connectivity index (χ4v) is 2.01. The van der Waals surface area contributed by atoms with Crippen LogP contribution in [0.4, 0.5) is 4.39 Å². The topological polar surface area (TPSA) is 9.23 Å². The average molecular weight is 323 g/mol. The van der Waals surface area contributed by atoms with E-state index >= 15 is 0 Å². The van der Waals surface area contributed by atoms with Crippen molar-refractivity contribution in [1.82, 2.24) is 0 Å². The maximum atomic E-state index is 13.6. The van der Waals surface area contributed by atoms with E-state index in [9.17, 15) is 4.39 Å². The average Bonchev–Trinajstić information content (AvgIpc) is 2.47. The molecule has 0 unspecified atom stereocenters. The Bertz CT molecular complexity index is 654. The monoisotopic (exact) mass is 322 g/mol. The number of hydrogen-bond acceptors (Lipinski definition) is 1. The highest BCUT2D eigenvalue weighted by atomic mass is 35.5. The second kappa shape index (κ2) is 7.93. The molecule has 2 aromatic carbocycles. The van der Waals surface area contributed by atoms with E-state index in [-0.39, 0.29) is 12.4 Å². The molecule has 4 heteroatoms. The molecule has 0 aromatic heterocycles. The summed E-state index contributed by atoms with van der Waals surface area (Å²) in [7, 11) is 0. The SMILES string of the molecule is Fc1cccc(Cl)c1COc1cccc(C#CCCCl)c1. The van der Waals surface area contributed by atoms with Crippen molar-refractivity contribution in [2.75, 3.05) is 5.88 Å². The van der Waals surface area contributed by atoms with Crippen LogP contribution in [0.1, 0.15) is 17.5 Å². The van der Waals surface area contributed by atoms with Crippen LogP contribution in [0.5, 0.6) is 5.75 Å². The second-order valence-corrected chi connectivity index (χ2v) is 5.04. The normalized spacial score (nSPS) is 9.86. The molecular formula is C17H13Cl2FO. The van der Waals surface area contributed by atoms with E-state index in [1.807, 2.05) is 12.1 Å². The number of ether oxygens (including phenoxy) is 1. The molecule has 0 fully saturated rings. The van der Waals surface area contributed by atoms with Gasteiger partial charge in [-0.2, -0.15) is 0 Å². The number of rotatable bonds is 4. The van der Waals surface area contributed by atoms with E-state index in [0.29, 0.717) is 28.6 Å². The fourth-order valence-electron chi connectivity index (χ4n) is 1.70. The molecule has 0 atom stereocenters. The zero-order chi connectivity index (χ0) is 15.1. The van der Waals surface area contributed by atoms with Gasteiger partial charge < -0.3 is 4.74 Å². The summed E-state index contributed by atoms with van der Waals surface area (Å²) in [4.78, 5) is 0. The molecule has 0 aliphatic carbocycles. The van der Waals surface area contributed by atoms with Crippen LogP contribution in [-0.4, -0.2) is 5.88 Å². The van der Waals surface area contributed by atoms with Crippen molar-refractivity contribution in [2.24, 2.45) is 0 Å². The highest BCUT2D eigenvalue weighted by Gasteiger charge is 2.07. The molecule has 0 bridgehead atoms. The van der Waals surface area contributed by atoms with E-state index in [1.54, 1.807) is 24.3 Å². The predicted octanol–water partition coefficient (Wildman–Crippen LogP) is 5.04. The third kappa shape index (κ3) is 4.67. The van der Waals surface area contributed by atoms with Gasteiger partial charge in [0.15, 0.2) is 0 Å². The van der Waals surface area contributed by atoms with Crippen LogP contribution in [0, 0.1) is 17.7 Å². The van der Waals surface area contributed by atoms with Gasteiger partial charge in [-0.3, -0.25) is 0 Å². The Balaban J connectivity index is 2.07. The molecular weight excluding hydrogens is 310 g/mol. The molecule has 0 saturated heterocycles. The molecule has 0 spiro atoms. The summed E-state index contributed by atoms with van der Waals surface area (Å²) in [6, 6.07) is 11.9. The van der Waals surface area contributed by atoms with Crippen LogP contribution in [0.2, 0.25) is 5.02 Å². The van der Waals surface area contributed by atoms with E-state index in [1.165, 1.54) is 6.07 Å². The molecule has 108 valence electrons. The fraction of sp³-hybridized carbons (Fsp3) is 0.176. The lowest BCUT2D eigenvalue weighted by Gasteiger charge is -2.09. The first-order chi connectivity index (χ1) is 10.2. The Kier molecular flexibility index (Phi) is 5.92. The molecule has 0 amide bonds. The van der Waals surface area contributed by atoms with Crippen LogP contribution in [-0.2, 0) is 6.61 Å². The molecule has 0 radical (unpaired) electrons. The number of halogens is 3. The summed E-state index contributed by atoms with van der Waals surface area (Å²) in [5, 5.41) is 0.355. The van der Waals surface area contributed by atoms with Crippen LogP contribution >= 0.6 is 23.2 Å². The van der Waals surface area contributed by atoms with Gasteiger partial charge >= 0.3 is 0 Å². The molecule has 1 nitrogen and oxygen atoms in total. The van der Waals surface area contributed by atoms with Gasteiger partial charge in [-0.25, -0.2) is 4.39 Å². The first-order valence-corrected chi connectivity index (χ1v) is 7.32. The molecule has 0 aliphatic heterocycles. The van der Waals surface area contributed by atoms with E-state index < -0.39 is 0 Å². The molecule has 0 saturated carbocycles. The van der Waals surface area contributed by atoms with Crippen molar-refractivity contribution < 1.29 is 9.13 Å². The van der Waals surface area contributed by atoms with E-state index in [4.69, 9.17) is 27.9 Å². The molecule has 0 heterocycles. The Morgan fingerprint density at radius 2 is 1.95 bits per heavy atom. The Morgan fingerprint density at radius 1 is 1.14 bits per heavy atom. The van der Waals surface area contributed by atoms with Gasteiger partial charge in [0, 0.05) is 23.4 Å². The second-order valence-electron chi connectivity index (χ2n) is 4.26. The van der Waals surface area contributed by atoms with Crippen molar-refractivity contribution in [3.8, 4) is 17.6 Å². The maximum absolute atomic E-state index is 13.6. The number of alkyl halides is 1. The lowest BCUT2D eigenvalue weighted by Crippen LogP contribution is -1.99. The summed E-state index contributed by atoms with van der Waals surface area (Å²) < 4.78 is 19.2. The van der Waals surface area contributed by atoms with Gasteiger partial charge in [-0.15, -0.1) is 11.6 Å². The smallest absolute Gasteiger partial charge is 0.131 e. The van der Waals surface area contributed by atoms with Crippen LogP contribution in [0.15, 0.2) is 42.5 Å². The maximum Gasteiger partial charge on any atom is 0.131 e. The van der Waals surface area contributed by atoms with Gasteiger partial charge in [0.05, 0.1) is 5.02 Å². The molecule has 0 N–H and O–H groups in total. The lowest BCUT2D eigenvalue weighted by molar-refractivity contribution is 0.300. The van der Waals surface area contributed by atoms with Gasteiger partial charge in [0.25, 0.3) is 0 Å². The standard InChI is InChI=1S/C17H13Cl2FO/c18-10-2-1-5-13-6-3-7-14(11-13)21-12-15-16(19)8-4-9-17(15)20/h3-4,6-9,11H,2,10,12H2. The molecule has 0 aliphatic rings. The zero-order valence-electron chi connectivity index (χ0n) is 11.2. The molecule has 2 aromatic rings. The molecule has 21 heavy (non-hydrogen) atoms. The molecule has 2 rings (SSSR count). The van der Waals surface area contributed by atoms with Crippen molar-refractivity contribution in [2.45, 2.75) is 13.0 Å². The van der Waals surface area contributed by atoms with Crippen LogP contribution in [0.25, 0.3) is 0 Å². The van der Waals surface area contributed by atoms with Crippen molar-refractivity contribution in [1.29, 1.82) is 0 Å². The highest BCUT2D eigenvalue weighted by Crippen LogP contribution is 2.21. The summed E-state index contributed by atoms with van der Waals surface area (Å²) >= 11 is 11.5. The zero-order valence-corrected chi connectivity index (χ0v) is 12.7. The quantitative estimate of drug-likeness (QED) is 0.566. The minimum Gasteiger partial charge on any atom is -0.489 e. The predicted molar refractivity (Wildman–Crippen MR) is 84.4 cm³/mol. The Labute approximate surface area is 133 Å². The number of benzene rings is 2. The Morgan fingerprint density at radius 3 is 2.71 bits per heavy atom. The van der Waals surface area contributed by atoms with Crippen molar-refractivity contribution >= 4 is 23.2 Å². The van der Waals surface area contributed by atoms with Crippen molar-refractivity contribution in [3.05, 3.63) is 64.4 Å². The van der Waals surface area contributed by atoms with E-state index in [0.717, 1.165) is 5.56 Å². The van der Waals surface area contributed by atoms with Crippen LogP contribution in [0.3, 0.4) is 0 Å². The summed E-state index contributed by atoms with van der Waals surface area (Å²) in [6.45, 7) is 0.0735. The van der Waals surface area contributed by atoms with Crippen molar-refractivity contribution in [3.63, 3.8) is 0 Å². The largest absolute Gasteiger partial charge is 0.489 e. The summed E-state index contributed by atoms with van der Waals surface area (Å²) in [5.41, 5.74) is 1.18. The third-order valence-corrected chi connectivity index (χ3v) is 3.27. The highest BCUT2D eigenvalue weighted by molar-refractivity contribution is 6.31. The minimum absolute atomic E-state index is 0.0735. The van der Waals surface area contributed by atoms with Crippen LogP contribution < -0.4 is 4.74 Å². The first-order valence-electron chi connectivity index (χ1n) is 6.41. The third-order valence-electron chi connectivity index (χ3n) is 2.73. The lowest BCUT2D eigenvalue weighted by atomic mass is 10.2. The first kappa shape index (κ1) is 15.7. The summed E-state index contributed by atoms with van der Waals surface area (Å²) in [5.74, 6) is 6.70. The number of hydrogen-bond donors (Lipinski definition) is 0. The van der Waals surface area contributed by atoms with Gasteiger partial charge in [-0.1, -0.05) is 35.6 Å². The van der Waals surface area contributed by atoms with Gasteiger partial charge in [-0.05, 0) is 30.3 Å². The Hall–Kier alpha value is -1.69. The van der Waals surface area contributed by atoms with Gasteiger partial charge in [0.2, 0.25) is 0 Å². The summed E-state index contributed by atoms with van der Waals surface area (Å²) in [6.07, 6.45) is 0.636.